The largest absolute Gasteiger partial charge is 0.494 e. The van der Waals surface area contributed by atoms with Crippen molar-refractivity contribution in [3.63, 3.8) is 0 Å². The highest BCUT2D eigenvalue weighted by molar-refractivity contribution is 6.00. The van der Waals surface area contributed by atoms with E-state index in [1.165, 1.54) is 11.1 Å². The highest BCUT2D eigenvalue weighted by atomic mass is 16.5. The standard InChI is InChI=1S/C22H25NO3/c1-17(24)21(22-23-14-16-26-22)9-5-6-15-25-20-12-10-19(11-13-20)18-7-3-2-4-8-18/h2-4,7-8,10-13,21H,5-6,9,14-16H2,1H3/t21-/m0/s1. The molecule has 4 nitrogen and oxygen atoms in total. The van der Waals surface area contributed by atoms with Crippen molar-refractivity contribution < 1.29 is 14.3 Å². The Morgan fingerprint density at radius 2 is 1.81 bits per heavy atom. The number of nitrogens with zero attached hydrogens (tertiary/aromatic N) is 1. The fourth-order valence-electron chi connectivity index (χ4n) is 3.08. The zero-order valence-electron chi connectivity index (χ0n) is 15.2. The van der Waals surface area contributed by atoms with Gasteiger partial charge in [-0.2, -0.15) is 0 Å². The van der Waals surface area contributed by atoms with Crippen LogP contribution in [0.4, 0.5) is 0 Å². The number of unbranched alkanes of at least 4 members (excludes halogenated alkanes) is 1. The summed E-state index contributed by atoms with van der Waals surface area (Å²) in [4.78, 5) is 16.1. The third kappa shape index (κ3) is 4.94. The van der Waals surface area contributed by atoms with Crippen molar-refractivity contribution >= 4 is 11.7 Å². The molecule has 0 N–H and O–H groups in total. The Morgan fingerprint density at radius 3 is 2.46 bits per heavy atom. The number of carbonyl (C=O) groups excluding carboxylic acids is 1. The number of aliphatic imine (C=N–C) groups is 1. The van der Waals surface area contributed by atoms with Gasteiger partial charge in [-0.05, 0) is 49.4 Å². The van der Waals surface area contributed by atoms with Crippen molar-refractivity contribution in [2.75, 3.05) is 19.8 Å². The molecule has 0 radical (unpaired) electrons. The first kappa shape index (κ1) is 18.2. The molecule has 0 aromatic heterocycles. The molecule has 1 heterocycles. The molecule has 1 atom stereocenters. The van der Waals surface area contributed by atoms with Crippen LogP contribution in [-0.2, 0) is 9.53 Å². The number of rotatable bonds is 9. The summed E-state index contributed by atoms with van der Waals surface area (Å²) < 4.78 is 11.3. The van der Waals surface area contributed by atoms with Crippen LogP contribution in [0.1, 0.15) is 26.2 Å². The van der Waals surface area contributed by atoms with Gasteiger partial charge in [-0.1, -0.05) is 42.5 Å². The summed E-state index contributed by atoms with van der Waals surface area (Å²) >= 11 is 0. The normalized spacial score (nSPS) is 14.4. The van der Waals surface area contributed by atoms with E-state index >= 15 is 0 Å². The van der Waals surface area contributed by atoms with Crippen LogP contribution in [-0.4, -0.2) is 31.4 Å². The lowest BCUT2D eigenvalue weighted by Crippen LogP contribution is -2.22. The molecule has 136 valence electrons. The van der Waals surface area contributed by atoms with E-state index in [1.807, 2.05) is 30.3 Å². The van der Waals surface area contributed by atoms with Gasteiger partial charge in [0.1, 0.15) is 18.1 Å². The Bertz CT molecular complexity index is 738. The van der Waals surface area contributed by atoms with E-state index < -0.39 is 0 Å². The third-order valence-electron chi connectivity index (χ3n) is 4.51. The lowest BCUT2D eigenvalue weighted by Gasteiger charge is -2.13. The van der Waals surface area contributed by atoms with Crippen LogP contribution in [0.15, 0.2) is 59.6 Å². The number of ether oxygens (including phenoxy) is 2. The number of hydrogen-bond acceptors (Lipinski definition) is 4. The summed E-state index contributed by atoms with van der Waals surface area (Å²) in [5.74, 6) is 1.43. The monoisotopic (exact) mass is 351 g/mol. The quantitative estimate of drug-likeness (QED) is 0.623. The van der Waals surface area contributed by atoms with Gasteiger partial charge in [-0.15, -0.1) is 0 Å². The summed E-state index contributed by atoms with van der Waals surface area (Å²) in [7, 11) is 0. The molecule has 0 spiro atoms. The van der Waals surface area contributed by atoms with Crippen molar-refractivity contribution in [1.29, 1.82) is 0 Å². The number of carbonyl (C=O) groups is 1. The molecule has 4 heteroatoms. The van der Waals surface area contributed by atoms with E-state index in [9.17, 15) is 4.79 Å². The molecule has 0 fully saturated rings. The number of benzene rings is 2. The highest BCUT2D eigenvalue weighted by Crippen LogP contribution is 2.22. The molecule has 1 aliphatic rings. The molecule has 3 rings (SSSR count). The third-order valence-corrected chi connectivity index (χ3v) is 4.51. The highest BCUT2D eigenvalue weighted by Gasteiger charge is 2.24. The molecule has 0 aliphatic carbocycles. The smallest absolute Gasteiger partial charge is 0.194 e. The van der Waals surface area contributed by atoms with Crippen LogP contribution in [0.25, 0.3) is 11.1 Å². The van der Waals surface area contributed by atoms with Gasteiger partial charge in [0.05, 0.1) is 19.1 Å². The zero-order valence-corrected chi connectivity index (χ0v) is 15.2. The zero-order chi connectivity index (χ0) is 18.2. The van der Waals surface area contributed by atoms with E-state index in [1.54, 1.807) is 6.92 Å². The molecular formula is C22H25NO3. The average Bonchev–Trinajstić information content (AvgIpc) is 3.20. The molecule has 0 unspecified atom stereocenters. The van der Waals surface area contributed by atoms with Gasteiger partial charge >= 0.3 is 0 Å². The lowest BCUT2D eigenvalue weighted by molar-refractivity contribution is -0.119. The van der Waals surface area contributed by atoms with Gasteiger partial charge in [0.25, 0.3) is 0 Å². The molecule has 0 saturated carbocycles. The van der Waals surface area contributed by atoms with E-state index in [-0.39, 0.29) is 11.7 Å². The van der Waals surface area contributed by atoms with Gasteiger partial charge in [-0.25, -0.2) is 0 Å². The van der Waals surface area contributed by atoms with Crippen LogP contribution >= 0.6 is 0 Å². The van der Waals surface area contributed by atoms with E-state index in [0.29, 0.717) is 25.7 Å². The van der Waals surface area contributed by atoms with E-state index in [0.717, 1.165) is 25.0 Å². The topological polar surface area (TPSA) is 47.9 Å². The first-order valence-electron chi connectivity index (χ1n) is 9.20. The molecule has 26 heavy (non-hydrogen) atoms. The fraction of sp³-hybridized carbons (Fsp3) is 0.364. The van der Waals surface area contributed by atoms with Gasteiger partial charge in [0, 0.05) is 0 Å². The van der Waals surface area contributed by atoms with Crippen molar-refractivity contribution in [3.05, 3.63) is 54.6 Å². The van der Waals surface area contributed by atoms with Crippen LogP contribution < -0.4 is 4.74 Å². The van der Waals surface area contributed by atoms with Crippen molar-refractivity contribution in [2.24, 2.45) is 10.9 Å². The molecule has 0 amide bonds. The maximum absolute atomic E-state index is 11.8. The SMILES string of the molecule is CC(=O)[C@H](CCCCOc1ccc(-c2ccccc2)cc1)C1=NCCO1. The predicted molar refractivity (Wildman–Crippen MR) is 104 cm³/mol. The second kappa shape index (κ2) is 9.18. The maximum Gasteiger partial charge on any atom is 0.194 e. The van der Waals surface area contributed by atoms with E-state index in [4.69, 9.17) is 9.47 Å². The molecule has 2 aromatic rings. The Balaban J connectivity index is 1.41. The second-order valence-electron chi connectivity index (χ2n) is 6.47. The Hall–Kier alpha value is -2.62. The minimum Gasteiger partial charge on any atom is -0.494 e. The molecule has 2 aromatic carbocycles. The number of hydrogen-bond donors (Lipinski definition) is 0. The summed E-state index contributed by atoms with van der Waals surface area (Å²) in [5, 5.41) is 0. The second-order valence-corrected chi connectivity index (χ2v) is 6.47. The van der Waals surface area contributed by atoms with Crippen molar-refractivity contribution in [1.82, 2.24) is 0 Å². The summed E-state index contributed by atoms with van der Waals surface area (Å²) in [6.07, 6.45) is 2.58. The molecule has 0 saturated heterocycles. The Labute approximate surface area is 154 Å². The van der Waals surface area contributed by atoms with Gasteiger partial charge < -0.3 is 9.47 Å². The first-order chi connectivity index (χ1) is 12.7. The average molecular weight is 351 g/mol. The predicted octanol–water partition coefficient (Wildman–Crippen LogP) is 4.54. The van der Waals surface area contributed by atoms with Crippen molar-refractivity contribution in [2.45, 2.75) is 26.2 Å². The van der Waals surface area contributed by atoms with Gasteiger partial charge in [0.2, 0.25) is 0 Å². The molecular weight excluding hydrogens is 326 g/mol. The lowest BCUT2D eigenvalue weighted by atomic mass is 9.98. The minimum absolute atomic E-state index is 0.128. The fourth-order valence-corrected chi connectivity index (χ4v) is 3.08. The number of Topliss-reactive ketones (excluding diaryl/α,β-unsaturated/α-hetero) is 1. The maximum atomic E-state index is 11.8. The van der Waals surface area contributed by atoms with Crippen LogP contribution in [0, 0.1) is 5.92 Å². The minimum atomic E-state index is -0.192. The molecule has 1 aliphatic heterocycles. The van der Waals surface area contributed by atoms with Gasteiger partial charge in [0.15, 0.2) is 5.90 Å². The van der Waals surface area contributed by atoms with Gasteiger partial charge in [-0.3, -0.25) is 9.79 Å². The van der Waals surface area contributed by atoms with E-state index in [2.05, 4.69) is 29.3 Å². The summed E-state index contributed by atoms with van der Waals surface area (Å²) in [5.41, 5.74) is 2.38. The summed E-state index contributed by atoms with van der Waals surface area (Å²) in [6.45, 7) is 3.52. The van der Waals surface area contributed by atoms with Crippen LogP contribution in [0.5, 0.6) is 5.75 Å². The summed E-state index contributed by atoms with van der Waals surface area (Å²) in [6, 6.07) is 18.4. The Kier molecular flexibility index (Phi) is 6.42. The Morgan fingerprint density at radius 1 is 1.08 bits per heavy atom. The number of ketones is 1. The first-order valence-corrected chi connectivity index (χ1v) is 9.20. The van der Waals surface area contributed by atoms with Crippen LogP contribution in [0.2, 0.25) is 0 Å². The van der Waals surface area contributed by atoms with Crippen LogP contribution in [0.3, 0.4) is 0 Å². The van der Waals surface area contributed by atoms with Crippen molar-refractivity contribution in [3.8, 4) is 16.9 Å². The molecule has 0 bridgehead atoms.